The lowest BCUT2D eigenvalue weighted by atomic mass is 10.2. The Bertz CT molecular complexity index is 487. The van der Waals surface area contributed by atoms with Gasteiger partial charge >= 0.3 is 0 Å². The predicted octanol–water partition coefficient (Wildman–Crippen LogP) is 1.56. The zero-order valence-corrected chi connectivity index (χ0v) is 11.7. The number of hydrogen-bond acceptors (Lipinski definition) is 4. The first-order valence-corrected chi connectivity index (χ1v) is 7.69. The van der Waals surface area contributed by atoms with Crippen molar-refractivity contribution in [2.45, 2.75) is 43.4 Å². The Morgan fingerprint density at radius 2 is 2.00 bits per heavy atom. The van der Waals surface area contributed by atoms with E-state index in [1.165, 1.54) is 45.8 Å². The smallest absolute Gasteiger partial charge is 0.275 e. The van der Waals surface area contributed by atoms with Gasteiger partial charge in [-0.3, -0.25) is 0 Å². The van der Waals surface area contributed by atoms with E-state index in [4.69, 9.17) is 4.42 Å². The summed E-state index contributed by atoms with van der Waals surface area (Å²) < 4.78 is 30.2. The molecule has 1 fully saturated rings. The Balaban J connectivity index is 1.97. The van der Waals surface area contributed by atoms with Crippen molar-refractivity contribution >= 4 is 10.0 Å². The van der Waals surface area contributed by atoms with Gasteiger partial charge in [-0.05, 0) is 25.0 Å². The van der Waals surface area contributed by atoms with Crippen LogP contribution in [0.1, 0.15) is 31.4 Å². The van der Waals surface area contributed by atoms with E-state index in [0.29, 0.717) is 18.3 Å². The van der Waals surface area contributed by atoms with Gasteiger partial charge in [0, 0.05) is 20.1 Å². The van der Waals surface area contributed by atoms with Crippen LogP contribution in [0.2, 0.25) is 0 Å². The standard InChI is InChI=1S/C12H20N2O3S/c1-14(2)18(15,16)12-8-7-11(17-12)9-13-10-5-3-4-6-10/h7-8,10,13H,3-6,9H2,1-2H3. The van der Waals surface area contributed by atoms with Crippen LogP contribution in [-0.2, 0) is 16.6 Å². The van der Waals surface area contributed by atoms with Gasteiger partial charge in [-0.15, -0.1) is 0 Å². The van der Waals surface area contributed by atoms with Gasteiger partial charge in [0.25, 0.3) is 10.0 Å². The van der Waals surface area contributed by atoms with Crippen molar-refractivity contribution in [3.05, 3.63) is 17.9 Å². The highest BCUT2D eigenvalue weighted by atomic mass is 32.2. The Hall–Kier alpha value is -0.850. The van der Waals surface area contributed by atoms with Gasteiger partial charge < -0.3 is 9.73 Å². The lowest BCUT2D eigenvalue weighted by molar-refractivity contribution is 0.378. The number of hydrogen-bond donors (Lipinski definition) is 1. The molecule has 0 saturated heterocycles. The van der Waals surface area contributed by atoms with E-state index >= 15 is 0 Å². The maximum Gasteiger partial charge on any atom is 0.275 e. The molecule has 1 saturated carbocycles. The van der Waals surface area contributed by atoms with E-state index in [0.717, 1.165) is 4.31 Å². The quantitative estimate of drug-likeness (QED) is 0.883. The van der Waals surface area contributed by atoms with Crippen LogP contribution in [0.5, 0.6) is 0 Å². The molecule has 0 spiro atoms. The second-order valence-corrected chi connectivity index (χ2v) is 6.95. The van der Waals surface area contributed by atoms with Crippen molar-refractivity contribution in [2.24, 2.45) is 0 Å². The first kappa shape index (κ1) is 13.6. The van der Waals surface area contributed by atoms with Crippen molar-refractivity contribution in [2.75, 3.05) is 14.1 Å². The summed E-state index contributed by atoms with van der Waals surface area (Å²) in [4.78, 5) is 0. The molecule has 0 bridgehead atoms. The van der Waals surface area contributed by atoms with Crippen LogP contribution in [0, 0.1) is 0 Å². The molecule has 2 rings (SSSR count). The minimum atomic E-state index is -3.45. The Kier molecular flexibility index (Phi) is 4.09. The normalized spacial score (nSPS) is 17.7. The molecule has 0 radical (unpaired) electrons. The van der Waals surface area contributed by atoms with Crippen LogP contribution in [0.3, 0.4) is 0 Å². The third kappa shape index (κ3) is 2.93. The Morgan fingerprint density at radius 1 is 1.33 bits per heavy atom. The molecule has 0 amide bonds. The molecular formula is C12H20N2O3S. The summed E-state index contributed by atoms with van der Waals surface area (Å²) in [6, 6.07) is 3.78. The number of furan rings is 1. The number of nitrogens with one attached hydrogen (secondary N) is 1. The second-order valence-electron chi connectivity index (χ2n) is 4.87. The summed E-state index contributed by atoms with van der Waals surface area (Å²) in [6.07, 6.45) is 4.94. The van der Waals surface area contributed by atoms with Gasteiger partial charge in [0.2, 0.25) is 5.09 Å². The third-order valence-corrected chi connectivity index (χ3v) is 4.98. The van der Waals surface area contributed by atoms with Gasteiger partial charge in [0.1, 0.15) is 5.76 Å². The van der Waals surface area contributed by atoms with E-state index in [-0.39, 0.29) is 5.09 Å². The third-order valence-electron chi connectivity index (χ3n) is 3.29. The van der Waals surface area contributed by atoms with E-state index in [1.807, 2.05) is 0 Å². The molecule has 1 N–H and O–H groups in total. The van der Waals surface area contributed by atoms with Crippen LogP contribution in [0.25, 0.3) is 0 Å². The highest BCUT2D eigenvalue weighted by molar-refractivity contribution is 7.88. The lowest BCUT2D eigenvalue weighted by Gasteiger charge is -2.10. The van der Waals surface area contributed by atoms with Crippen molar-refractivity contribution in [1.82, 2.24) is 9.62 Å². The summed E-state index contributed by atoms with van der Waals surface area (Å²) in [5.74, 6) is 0.669. The van der Waals surface area contributed by atoms with Gasteiger partial charge in [-0.25, -0.2) is 12.7 Å². The average Bonchev–Trinajstić information content (AvgIpc) is 2.97. The largest absolute Gasteiger partial charge is 0.447 e. The van der Waals surface area contributed by atoms with Crippen LogP contribution in [0.4, 0.5) is 0 Å². The maximum atomic E-state index is 11.8. The van der Waals surface area contributed by atoms with Crippen molar-refractivity contribution in [3.8, 4) is 0 Å². The number of sulfonamides is 1. The van der Waals surface area contributed by atoms with E-state index in [9.17, 15) is 8.42 Å². The molecule has 1 aliphatic rings. The molecule has 0 atom stereocenters. The van der Waals surface area contributed by atoms with Crippen LogP contribution < -0.4 is 5.32 Å². The summed E-state index contributed by atoms with van der Waals surface area (Å²) in [5.41, 5.74) is 0. The molecule has 0 unspecified atom stereocenters. The SMILES string of the molecule is CN(C)S(=O)(=O)c1ccc(CNC2CCCC2)o1. The average molecular weight is 272 g/mol. The van der Waals surface area contributed by atoms with E-state index < -0.39 is 10.0 Å². The van der Waals surface area contributed by atoms with Crippen LogP contribution in [-0.4, -0.2) is 32.9 Å². The molecule has 18 heavy (non-hydrogen) atoms. The van der Waals surface area contributed by atoms with Gasteiger partial charge in [0.05, 0.1) is 6.54 Å². The molecule has 1 aliphatic carbocycles. The second kappa shape index (κ2) is 5.42. The molecule has 0 aliphatic heterocycles. The molecule has 1 aromatic heterocycles. The van der Waals surface area contributed by atoms with E-state index in [1.54, 1.807) is 6.07 Å². The van der Waals surface area contributed by atoms with Gasteiger partial charge in [-0.1, -0.05) is 12.8 Å². The van der Waals surface area contributed by atoms with Gasteiger partial charge in [-0.2, -0.15) is 0 Å². The van der Waals surface area contributed by atoms with E-state index in [2.05, 4.69) is 5.32 Å². The highest BCUT2D eigenvalue weighted by Crippen LogP contribution is 2.20. The fourth-order valence-corrected chi connectivity index (χ4v) is 2.96. The first-order valence-electron chi connectivity index (χ1n) is 6.25. The van der Waals surface area contributed by atoms with Crippen LogP contribution in [0.15, 0.2) is 21.6 Å². The monoisotopic (exact) mass is 272 g/mol. The maximum absolute atomic E-state index is 11.8. The number of nitrogens with zero attached hydrogens (tertiary/aromatic N) is 1. The fraction of sp³-hybridized carbons (Fsp3) is 0.667. The molecule has 102 valence electrons. The molecule has 1 heterocycles. The Morgan fingerprint density at radius 3 is 2.61 bits per heavy atom. The summed E-state index contributed by atoms with van der Waals surface area (Å²) in [7, 11) is -0.466. The molecule has 1 aromatic rings. The lowest BCUT2D eigenvalue weighted by Crippen LogP contribution is -2.25. The molecule has 0 aromatic carbocycles. The summed E-state index contributed by atoms with van der Waals surface area (Å²) >= 11 is 0. The molecule has 6 heteroatoms. The van der Waals surface area contributed by atoms with Crippen molar-refractivity contribution in [1.29, 1.82) is 0 Å². The summed E-state index contributed by atoms with van der Waals surface area (Å²) in [5, 5.41) is 3.40. The topological polar surface area (TPSA) is 62.6 Å². The van der Waals surface area contributed by atoms with Gasteiger partial charge in [0.15, 0.2) is 0 Å². The van der Waals surface area contributed by atoms with Crippen LogP contribution >= 0.6 is 0 Å². The first-order chi connectivity index (χ1) is 8.50. The zero-order valence-electron chi connectivity index (χ0n) is 10.8. The highest BCUT2D eigenvalue weighted by Gasteiger charge is 2.22. The number of rotatable bonds is 5. The fourth-order valence-electron chi connectivity index (χ4n) is 2.15. The minimum absolute atomic E-state index is 0.00993. The van der Waals surface area contributed by atoms with Crippen molar-refractivity contribution < 1.29 is 12.8 Å². The predicted molar refractivity (Wildman–Crippen MR) is 68.7 cm³/mol. The van der Waals surface area contributed by atoms with Crippen molar-refractivity contribution in [3.63, 3.8) is 0 Å². The summed E-state index contributed by atoms with van der Waals surface area (Å²) in [6.45, 7) is 0.591. The minimum Gasteiger partial charge on any atom is -0.447 e. The Labute approximate surface area is 108 Å². The molecular weight excluding hydrogens is 252 g/mol. The zero-order chi connectivity index (χ0) is 13.2. The molecule has 5 nitrogen and oxygen atoms in total.